The molecule has 1 fully saturated rings. The summed E-state index contributed by atoms with van der Waals surface area (Å²) in [5.74, 6) is -15.2. The fourth-order valence-electron chi connectivity index (χ4n) is 5.07. The number of nitrogens with zero attached hydrogens (tertiary/aromatic N) is 6. The van der Waals surface area contributed by atoms with Crippen LogP contribution in [0.4, 0.5) is 27.6 Å². The average Bonchev–Trinajstić information content (AvgIpc) is 3.68. The molecule has 0 N–H and O–H groups in total. The average molecular weight is 647 g/mol. The number of carbonyl (C=O) groups excluding carboxylic acids is 3. The van der Waals surface area contributed by atoms with E-state index in [0.29, 0.717) is 12.1 Å². The summed E-state index contributed by atoms with van der Waals surface area (Å²) in [6.07, 6.45) is 0.358. The number of fused-ring (bicyclic) bond motifs is 1. The molecule has 6 rings (SSSR count). The van der Waals surface area contributed by atoms with Gasteiger partial charge in [-0.2, -0.15) is 10.2 Å². The van der Waals surface area contributed by atoms with Gasteiger partial charge in [-0.3, -0.25) is 19.4 Å². The van der Waals surface area contributed by atoms with Gasteiger partial charge in [0, 0.05) is 10.9 Å². The zero-order valence-corrected chi connectivity index (χ0v) is 22.6. The van der Waals surface area contributed by atoms with Crippen LogP contribution < -0.4 is 4.90 Å². The standard InChI is InChI=1S/C27H16BrF5N6O3/c28-14-8-6-12(7-9-14)15-10-16(13-4-2-1-3-5-13)39(35-15)17(40)11-37-25-23(34-36-37)26(41)38(27(25)42)24-21(32)19(30)18(29)20(31)22(24)33/h1-9,16,23,25H,10-11H2/t16-,23-,25+/m1/s1. The van der Waals surface area contributed by atoms with E-state index in [4.69, 9.17) is 0 Å². The van der Waals surface area contributed by atoms with E-state index >= 15 is 0 Å². The number of carbonyl (C=O) groups is 3. The lowest BCUT2D eigenvalue weighted by Gasteiger charge is -2.25. The van der Waals surface area contributed by atoms with Crippen molar-refractivity contribution in [1.82, 2.24) is 10.0 Å². The van der Waals surface area contributed by atoms with E-state index in [1.807, 2.05) is 42.5 Å². The first-order chi connectivity index (χ1) is 20.1. The van der Waals surface area contributed by atoms with E-state index < -0.39 is 77.2 Å². The summed E-state index contributed by atoms with van der Waals surface area (Å²) in [4.78, 5) is 39.5. The van der Waals surface area contributed by atoms with E-state index in [-0.39, 0.29) is 4.90 Å². The summed E-state index contributed by atoms with van der Waals surface area (Å²) in [7, 11) is 0. The first-order valence-corrected chi connectivity index (χ1v) is 13.1. The van der Waals surface area contributed by atoms with Crippen LogP contribution in [0.2, 0.25) is 0 Å². The minimum Gasteiger partial charge on any atom is -0.271 e. The van der Waals surface area contributed by atoms with Gasteiger partial charge in [0.25, 0.3) is 17.7 Å². The predicted octanol–water partition coefficient (Wildman–Crippen LogP) is 4.82. The van der Waals surface area contributed by atoms with Gasteiger partial charge in [0.1, 0.15) is 12.2 Å². The van der Waals surface area contributed by atoms with Crippen LogP contribution in [0.5, 0.6) is 0 Å². The lowest BCUT2D eigenvalue weighted by molar-refractivity contribution is -0.135. The fraction of sp³-hybridized carbons (Fsp3) is 0.185. The molecule has 3 aliphatic heterocycles. The molecular weight excluding hydrogens is 631 g/mol. The number of amides is 3. The van der Waals surface area contributed by atoms with Crippen LogP contribution >= 0.6 is 15.9 Å². The fourth-order valence-corrected chi connectivity index (χ4v) is 5.33. The van der Waals surface area contributed by atoms with Crippen LogP contribution in [0.1, 0.15) is 23.6 Å². The van der Waals surface area contributed by atoms with Crippen LogP contribution in [-0.2, 0) is 14.4 Å². The van der Waals surface area contributed by atoms with Gasteiger partial charge in [0.15, 0.2) is 35.4 Å². The second-order valence-corrected chi connectivity index (χ2v) is 10.5. The maximum absolute atomic E-state index is 14.5. The Morgan fingerprint density at radius 3 is 2.12 bits per heavy atom. The quantitative estimate of drug-likeness (QED) is 0.172. The summed E-state index contributed by atoms with van der Waals surface area (Å²) in [6.45, 7) is -0.630. The maximum atomic E-state index is 14.5. The van der Waals surface area contributed by atoms with Crippen molar-refractivity contribution in [2.24, 2.45) is 15.4 Å². The van der Waals surface area contributed by atoms with Crippen LogP contribution in [-0.4, -0.2) is 52.1 Å². The molecule has 0 aromatic heterocycles. The van der Waals surface area contributed by atoms with Crippen LogP contribution in [0, 0.1) is 29.1 Å². The smallest absolute Gasteiger partial charge is 0.264 e. The summed E-state index contributed by atoms with van der Waals surface area (Å²) in [5.41, 5.74) is 0.428. The number of hydrazone groups is 1. The van der Waals surface area contributed by atoms with Crippen molar-refractivity contribution in [3.8, 4) is 0 Å². The monoisotopic (exact) mass is 646 g/mol. The van der Waals surface area contributed by atoms with Crippen molar-refractivity contribution in [3.05, 3.63) is 99.3 Å². The molecule has 0 bridgehead atoms. The molecule has 0 radical (unpaired) electrons. The number of hydrogen-bond acceptors (Lipinski definition) is 7. The highest BCUT2D eigenvalue weighted by atomic mass is 79.9. The Bertz CT molecular complexity index is 1680. The number of hydrogen-bond donors (Lipinski definition) is 0. The van der Waals surface area contributed by atoms with Gasteiger partial charge in [-0.15, -0.1) is 0 Å². The molecular formula is C27H16BrF5N6O3. The minimum absolute atomic E-state index is 0.145. The summed E-state index contributed by atoms with van der Waals surface area (Å²) >= 11 is 3.38. The first-order valence-electron chi connectivity index (χ1n) is 12.4. The molecule has 3 amide bonds. The van der Waals surface area contributed by atoms with Gasteiger partial charge in [-0.1, -0.05) is 63.6 Å². The Labute approximate surface area is 242 Å². The van der Waals surface area contributed by atoms with Crippen molar-refractivity contribution in [1.29, 1.82) is 0 Å². The van der Waals surface area contributed by atoms with Crippen LogP contribution in [0.3, 0.4) is 0 Å². The maximum Gasteiger partial charge on any atom is 0.264 e. The molecule has 15 heteroatoms. The normalized spacial score (nSPS) is 21.4. The molecule has 1 saturated heterocycles. The SMILES string of the molecule is O=C1[C@@H]2[C@@H](N=NN2CC(=O)N2N=C(c3ccc(Br)cc3)C[C@@H]2c2ccccc2)C(=O)N1c1c(F)c(F)c(F)c(F)c1F. The molecule has 3 aromatic carbocycles. The van der Waals surface area contributed by atoms with Crippen LogP contribution in [0.15, 0.2) is 74.5 Å². The molecule has 214 valence electrons. The third-order valence-corrected chi connectivity index (χ3v) is 7.62. The van der Waals surface area contributed by atoms with E-state index in [0.717, 1.165) is 20.6 Å². The topological polar surface area (TPSA) is 98.0 Å². The lowest BCUT2D eigenvalue weighted by atomic mass is 9.98. The zero-order valence-electron chi connectivity index (χ0n) is 21.0. The zero-order chi connectivity index (χ0) is 29.9. The van der Waals surface area contributed by atoms with E-state index in [9.17, 15) is 36.3 Å². The molecule has 0 saturated carbocycles. The number of rotatable bonds is 5. The predicted molar refractivity (Wildman–Crippen MR) is 139 cm³/mol. The third kappa shape index (κ3) is 4.35. The van der Waals surface area contributed by atoms with Gasteiger partial charge in [-0.05, 0) is 23.3 Å². The second-order valence-electron chi connectivity index (χ2n) is 9.55. The van der Waals surface area contributed by atoms with Gasteiger partial charge in [0.05, 0.1) is 11.8 Å². The molecule has 42 heavy (non-hydrogen) atoms. The van der Waals surface area contributed by atoms with Gasteiger partial charge in [-0.25, -0.2) is 31.9 Å². The van der Waals surface area contributed by atoms with Crippen molar-refractivity contribution in [2.75, 3.05) is 11.4 Å². The Morgan fingerprint density at radius 2 is 1.48 bits per heavy atom. The number of benzene rings is 3. The van der Waals surface area contributed by atoms with Crippen molar-refractivity contribution in [3.63, 3.8) is 0 Å². The van der Waals surface area contributed by atoms with Gasteiger partial charge < -0.3 is 0 Å². The van der Waals surface area contributed by atoms with E-state index in [1.165, 1.54) is 5.01 Å². The lowest BCUT2D eigenvalue weighted by Crippen LogP contribution is -2.45. The van der Waals surface area contributed by atoms with Crippen molar-refractivity contribution in [2.45, 2.75) is 24.5 Å². The molecule has 3 atom stereocenters. The summed E-state index contributed by atoms with van der Waals surface area (Å²) < 4.78 is 71.1. The Kier molecular flexibility index (Phi) is 6.83. The Balaban J connectivity index is 1.29. The van der Waals surface area contributed by atoms with Crippen LogP contribution in [0.25, 0.3) is 0 Å². The minimum atomic E-state index is -2.44. The highest BCUT2D eigenvalue weighted by molar-refractivity contribution is 9.10. The van der Waals surface area contributed by atoms with E-state index in [1.54, 1.807) is 12.1 Å². The Morgan fingerprint density at radius 1 is 0.857 bits per heavy atom. The molecule has 3 aliphatic rings. The summed E-state index contributed by atoms with van der Waals surface area (Å²) in [6, 6.07) is 12.5. The number of imide groups is 1. The molecule has 3 aromatic rings. The van der Waals surface area contributed by atoms with Gasteiger partial charge in [0.2, 0.25) is 5.82 Å². The molecule has 0 unspecified atom stereocenters. The third-order valence-electron chi connectivity index (χ3n) is 7.09. The highest BCUT2D eigenvalue weighted by Crippen LogP contribution is 2.38. The molecule has 9 nitrogen and oxygen atoms in total. The molecule has 0 spiro atoms. The van der Waals surface area contributed by atoms with E-state index in [2.05, 4.69) is 31.4 Å². The molecule has 3 heterocycles. The van der Waals surface area contributed by atoms with Crippen molar-refractivity contribution < 1.29 is 36.3 Å². The highest BCUT2D eigenvalue weighted by Gasteiger charge is 2.57. The van der Waals surface area contributed by atoms with Gasteiger partial charge >= 0.3 is 0 Å². The number of anilines is 1. The number of halogens is 6. The largest absolute Gasteiger partial charge is 0.271 e. The second kappa shape index (κ2) is 10.4. The van der Waals surface area contributed by atoms with Crippen molar-refractivity contribution >= 4 is 45.1 Å². The molecule has 0 aliphatic carbocycles. The first kappa shape index (κ1) is 27.6. The Hall–Kier alpha value is -4.53. The summed E-state index contributed by atoms with van der Waals surface area (Å²) in [5, 5.41) is 14.0.